The molecule has 2 rings (SSSR count). The SMILES string of the molecule is CNC(C)c1ccc(-c2cccc(N(C)C)c2)o1. The van der Waals surface area contributed by atoms with Crippen molar-refractivity contribution in [1.82, 2.24) is 5.32 Å². The Morgan fingerprint density at radius 1 is 1.17 bits per heavy atom. The highest BCUT2D eigenvalue weighted by atomic mass is 16.3. The summed E-state index contributed by atoms with van der Waals surface area (Å²) in [6.07, 6.45) is 0. The van der Waals surface area contributed by atoms with Crippen molar-refractivity contribution in [1.29, 1.82) is 0 Å². The van der Waals surface area contributed by atoms with Crippen molar-refractivity contribution in [2.75, 3.05) is 26.0 Å². The molecule has 0 bridgehead atoms. The van der Waals surface area contributed by atoms with Gasteiger partial charge >= 0.3 is 0 Å². The minimum Gasteiger partial charge on any atom is -0.459 e. The number of rotatable bonds is 4. The van der Waals surface area contributed by atoms with Crippen LogP contribution in [0.4, 0.5) is 5.69 Å². The first-order valence-corrected chi connectivity index (χ1v) is 6.16. The lowest BCUT2D eigenvalue weighted by Crippen LogP contribution is -2.11. The molecule has 1 aromatic heterocycles. The summed E-state index contributed by atoms with van der Waals surface area (Å²) in [6.45, 7) is 2.08. The summed E-state index contributed by atoms with van der Waals surface area (Å²) in [4.78, 5) is 2.09. The van der Waals surface area contributed by atoms with Crippen LogP contribution in [0.1, 0.15) is 18.7 Å². The Bertz CT molecular complexity index is 517. The van der Waals surface area contributed by atoms with Crippen molar-refractivity contribution < 1.29 is 4.42 Å². The first kappa shape index (κ1) is 12.7. The molecule has 0 radical (unpaired) electrons. The molecule has 1 aromatic carbocycles. The molecule has 1 unspecified atom stereocenters. The van der Waals surface area contributed by atoms with E-state index in [0.29, 0.717) is 0 Å². The van der Waals surface area contributed by atoms with Crippen LogP contribution in [-0.2, 0) is 0 Å². The Labute approximate surface area is 108 Å². The lowest BCUT2D eigenvalue weighted by Gasteiger charge is -2.13. The second-order valence-electron chi connectivity index (χ2n) is 4.66. The van der Waals surface area contributed by atoms with Gasteiger partial charge in [0.05, 0.1) is 6.04 Å². The average Bonchev–Trinajstić information content (AvgIpc) is 2.87. The largest absolute Gasteiger partial charge is 0.459 e. The fourth-order valence-corrected chi connectivity index (χ4v) is 1.82. The van der Waals surface area contributed by atoms with E-state index in [1.807, 2.05) is 39.3 Å². The van der Waals surface area contributed by atoms with Gasteiger partial charge in [0.15, 0.2) is 0 Å². The fraction of sp³-hybridized carbons (Fsp3) is 0.333. The minimum absolute atomic E-state index is 0.232. The molecule has 0 aliphatic carbocycles. The molecule has 96 valence electrons. The number of benzene rings is 1. The lowest BCUT2D eigenvalue weighted by molar-refractivity contribution is 0.458. The van der Waals surface area contributed by atoms with Gasteiger partial charge < -0.3 is 14.6 Å². The van der Waals surface area contributed by atoms with E-state index in [0.717, 1.165) is 17.1 Å². The van der Waals surface area contributed by atoms with Crippen molar-refractivity contribution in [2.24, 2.45) is 0 Å². The molecule has 0 saturated carbocycles. The third kappa shape index (κ3) is 2.57. The molecule has 1 atom stereocenters. The molecule has 0 aliphatic heterocycles. The number of furan rings is 1. The molecule has 0 amide bonds. The number of hydrogen-bond donors (Lipinski definition) is 1. The van der Waals surface area contributed by atoms with Crippen molar-refractivity contribution >= 4 is 5.69 Å². The molecule has 0 spiro atoms. The quantitative estimate of drug-likeness (QED) is 0.894. The molecular weight excluding hydrogens is 224 g/mol. The summed E-state index contributed by atoms with van der Waals surface area (Å²) in [5.41, 5.74) is 2.28. The number of anilines is 1. The van der Waals surface area contributed by atoms with E-state index in [-0.39, 0.29) is 6.04 Å². The number of hydrogen-bond acceptors (Lipinski definition) is 3. The Morgan fingerprint density at radius 3 is 2.61 bits per heavy atom. The van der Waals surface area contributed by atoms with Crippen molar-refractivity contribution in [2.45, 2.75) is 13.0 Å². The van der Waals surface area contributed by atoms with Crippen LogP contribution in [0.5, 0.6) is 0 Å². The molecule has 18 heavy (non-hydrogen) atoms. The highest BCUT2D eigenvalue weighted by molar-refractivity contribution is 5.64. The van der Waals surface area contributed by atoms with E-state index < -0.39 is 0 Å². The van der Waals surface area contributed by atoms with Crippen molar-refractivity contribution in [3.8, 4) is 11.3 Å². The molecule has 3 heteroatoms. The molecule has 1 heterocycles. The average molecular weight is 244 g/mol. The van der Waals surface area contributed by atoms with Crippen molar-refractivity contribution in [3.63, 3.8) is 0 Å². The van der Waals surface area contributed by atoms with E-state index >= 15 is 0 Å². The maximum atomic E-state index is 5.88. The van der Waals surface area contributed by atoms with E-state index in [1.165, 1.54) is 5.69 Å². The van der Waals surface area contributed by atoms with E-state index in [9.17, 15) is 0 Å². The Kier molecular flexibility index (Phi) is 3.72. The smallest absolute Gasteiger partial charge is 0.134 e. The van der Waals surface area contributed by atoms with Crippen LogP contribution in [0.2, 0.25) is 0 Å². The van der Waals surface area contributed by atoms with E-state index in [2.05, 4.69) is 35.3 Å². The second kappa shape index (κ2) is 5.27. The zero-order chi connectivity index (χ0) is 13.1. The molecule has 3 nitrogen and oxygen atoms in total. The van der Waals surface area contributed by atoms with Gasteiger partial charge in [0.25, 0.3) is 0 Å². The van der Waals surface area contributed by atoms with Gasteiger partial charge in [-0.1, -0.05) is 12.1 Å². The molecular formula is C15H20N2O. The van der Waals surface area contributed by atoms with Crippen LogP contribution in [-0.4, -0.2) is 21.1 Å². The normalized spacial score (nSPS) is 12.4. The van der Waals surface area contributed by atoms with Crippen LogP contribution < -0.4 is 10.2 Å². The summed E-state index contributed by atoms with van der Waals surface area (Å²) in [5, 5.41) is 3.17. The Morgan fingerprint density at radius 2 is 1.94 bits per heavy atom. The van der Waals surface area contributed by atoms with Crippen LogP contribution in [0.3, 0.4) is 0 Å². The third-order valence-corrected chi connectivity index (χ3v) is 3.13. The third-order valence-electron chi connectivity index (χ3n) is 3.13. The van der Waals surface area contributed by atoms with Gasteiger partial charge in [-0.25, -0.2) is 0 Å². The minimum atomic E-state index is 0.232. The van der Waals surface area contributed by atoms with Gasteiger partial charge in [-0.05, 0) is 38.2 Å². The van der Waals surface area contributed by atoms with Crippen LogP contribution in [0.25, 0.3) is 11.3 Å². The summed E-state index contributed by atoms with van der Waals surface area (Å²) in [5.74, 6) is 1.87. The Hall–Kier alpha value is -1.74. The first-order chi connectivity index (χ1) is 8.61. The molecule has 1 N–H and O–H groups in total. The zero-order valence-corrected chi connectivity index (χ0v) is 11.4. The summed E-state index contributed by atoms with van der Waals surface area (Å²) < 4.78 is 5.88. The fourth-order valence-electron chi connectivity index (χ4n) is 1.82. The zero-order valence-electron chi connectivity index (χ0n) is 11.4. The predicted molar refractivity (Wildman–Crippen MR) is 75.9 cm³/mol. The van der Waals surface area contributed by atoms with Gasteiger partial charge in [-0.3, -0.25) is 0 Å². The summed E-state index contributed by atoms with van der Waals surface area (Å²) in [7, 11) is 6.00. The monoisotopic (exact) mass is 244 g/mol. The molecule has 2 aromatic rings. The van der Waals surface area contributed by atoms with Gasteiger partial charge in [0.1, 0.15) is 11.5 Å². The second-order valence-corrected chi connectivity index (χ2v) is 4.66. The van der Waals surface area contributed by atoms with E-state index in [1.54, 1.807) is 0 Å². The Balaban J connectivity index is 2.31. The van der Waals surface area contributed by atoms with Crippen LogP contribution in [0, 0.1) is 0 Å². The molecule has 0 aliphatic rings. The molecule has 0 saturated heterocycles. The summed E-state index contributed by atoms with van der Waals surface area (Å²) >= 11 is 0. The van der Waals surface area contributed by atoms with Gasteiger partial charge in [0.2, 0.25) is 0 Å². The first-order valence-electron chi connectivity index (χ1n) is 6.16. The highest BCUT2D eigenvalue weighted by Crippen LogP contribution is 2.27. The maximum Gasteiger partial charge on any atom is 0.134 e. The standard InChI is InChI=1S/C15H20N2O/c1-11(16-2)14-8-9-15(18-14)12-6-5-7-13(10-12)17(3)4/h5-11,16H,1-4H3. The van der Waals surface area contributed by atoms with Crippen LogP contribution in [0.15, 0.2) is 40.8 Å². The predicted octanol–water partition coefficient (Wildman–Crippen LogP) is 3.29. The topological polar surface area (TPSA) is 28.4 Å². The van der Waals surface area contributed by atoms with E-state index in [4.69, 9.17) is 4.42 Å². The number of nitrogens with one attached hydrogen (secondary N) is 1. The van der Waals surface area contributed by atoms with Gasteiger partial charge in [-0.15, -0.1) is 0 Å². The lowest BCUT2D eigenvalue weighted by atomic mass is 10.1. The van der Waals surface area contributed by atoms with Crippen molar-refractivity contribution in [3.05, 3.63) is 42.2 Å². The van der Waals surface area contributed by atoms with Crippen LogP contribution >= 0.6 is 0 Å². The highest BCUT2D eigenvalue weighted by Gasteiger charge is 2.10. The van der Waals surface area contributed by atoms with Gasteiger partial charge in [0, 0.05) is 25.3 Å². The summed E-state index contributed by atoms with van der Waals surface area (Å²) in [6, 6.07) is 12.6. The maximum absolute atomic E-state index is 5.88. The van der Waals surface area contributed by atoms with Gasteiger partial charge in [-0.2, -0.15) is 0 Å². The molecule has 0 fully saturated rings. The number of nitrogens with zero attached hydrogens (tertiary/aromatic N) is 1.